The number of para-hydroxylation sites is 1. The number of piperidine rings is 1. The summed E-state index contributed by atoms with van der Waals surface area (Å²) in [5.74, 6) is 0.265. The smallest absolute Gasteiger partial charge is 0.211 e. The molecular formula is C23H35N3O2. The molecule has 1 aliphatic rings. The molecule has 1 saturated heterocycles. The fourth-order valence-electron chi connectivity index (χ4n) is 3.94. The lowest BCUT2D eigenvalue weighted by atomic mass is 10.0. The van der Waals surface area contributed by atoms with Crippen molar-refractivity contribution in [2.24, 2.45) is 0 Å². The van der Waals surface area contributed by atoms with Gasteiger partial charge in [0.25, 0.3) is 0 Å². The first-order chi connectivity index (χ1) is 13.5. The van der Waals surface area contributed by atoms with Gasteiger partial charge in [-0.15, -0.1) is 0 Å². The molecule has 0 aromatic heterocycles. The fraction of sp³-hybridized carbons (Fsp3) is 0.565. The molecule has 1 aromatic rings. The van der Waals surface area contributed by atoms with E-state index in [4.69, 9.17) is 0 Å². The monoisotopic (exact) mass is 385 g/mol. The molecule has 0 radical (unpaired) electrons. The molecule has 154 valence electrons. The summed E-state index contributed by atoms with van der Waals surface area (Å²) in [5, 5.41) is 2.79. The van der Waals surface area contributed by atoms with Crippen LogP contribution in [0.2, 0.25) is 0 Å². The highest BCUT2D eigenvalue weighted by Gasteiger charge is 2.23. The Hall–Kier alpha value is -2.14. The number of hydrogen-bond acceptors (Lipinski definition) is 4. The molecule has 0 spiro atoms. The molecule has 1 aliphatic heterocycles. The average molecular weight is 386 g/mol. The number of rotatable bonds is 11. The molecule has 0 bridgehead atoms. The zero-order valence-electron chi connectivity index (χ0n) is 17.6. The number of Topliss-reactive ketones (excluding diaryl/α,β-unsaturated/α-hetero) is 1. The fourth-order valence-corrected chi connectivity index (χ4v) is 3.94. The second-order valence-corrected chi connectivity index (χ2v) is 7.67. The van der Waals surface area contributed by atoms with Crippen LogP contribution in [0.1, 0.15) is 51.5 Å². The molecule has 1 N–H and O–H groups in total. The largest absolute Gasteiger partial charge is 0.375 e. The molecule has 28 heavy (non-hydrogen) atoms. The maximum absolute atomic E-state index is 11.4. The summed E-state index contributed by atoms with van der Waals surface area (Å²) < 4.78 is 0. The maximum Gasteiger partial charge on any atom is 0.211 e. The maximum atomic E-state index is 11.4. The number of amides is 1. The Morgan fingerprint density at radius 1 is 1.25 bits per heavy atom. The molecule has 1 aromatic carbocycles. The molecule has 1 amide bonds. The van der Waals surface area contributed by atoms with Gasteiger partial charge in [0.1, 0.15) is 5.78 Å². The number of likely N-dealkylation sites (N-methyl/N-ethyl adjacent to an activating group) is 1. The minimum absolute atomic E-state index is 0.265. The third-order valence-corrected chi connectivity index (χ3v) is 5.63. The van der Waals surface area contributed by atoms with Crippen molar-refractivity contribution in [1.82, 2.24) is 9.80 Å². The second kappa shape index (κ2) is 11.6. The van der Waals surface area contributed by atoms with Crippen LogP contribution in [0.4, 0.5) is 5.69 Å². The molecule has 0 unspecified atom stereocenters. The first kappa shape index (κ1) is 22.2. The minimum Gasteiger partial charge on any atom is -0.375 e. The summed E-state index contributed by atoms with van der Waals surface area (Å²) in [5.41, 5.74) is 3.42. The van der Waals surface area contributed by atoms with Gasteiger partial charge in [-0.25, -0.2) is 0 Å². The Balaban J connectivity index is 1.84. The van der Waals surface area contributed by atoms with Crippen LogP contribution in [-0.2, 0) is 16.0 Å². The normalized spacial score (nSPS) is 15.7. The van der Waals surface area contributed by atoms with Gasteiger partial charge in [-0.05, 0) is 57.7 Å². The van der Waals surface area contributed by atoms with Gasteiger partial charge in [0.05, 0.1) is 0 Å². The van der Waals surface area contributed by atoms with Gasteiger partial charge in [-0.1, -0.05) is 31.2 Å². The average Bonchev–Trinajstić information content (AvgIpc) is 2.70. The van der Waals surface area contributed by atoms with E-state index in [1.807, 2.05) is 18.2 Å². The highest BCUT2D eigenvalue weighted by molar-refractivity contribution is 5.75. The molecule has 0 saturated carbocycles. The number of nitrogens with zero attached hydrogens (tertiary/aromatic N) is 2. The lowest BCUT2D eigenvalue weighted by Crippen LogP contribution is -2.43. The molecule has 5 nitrogen and oxygen atoms in total. The van der Waals surface area contributed by atoms with E-state index in [1.54, 1.807) is 6.92 Å². The van der Waals surface area contributed by atoms with E-state index in [0.717, 1.165) is 63.8 Å². The quantitative estimate of drug-likeness (QED) is 0.588. The van der Waals surface area contributed by atoms with Crippen molar-refractivity contribution in [3.05, 3.63) is 41.6 Å². The van der Waals surface area contributed by atoms with E-state index >= 15 is 0 Å². The van der Waals surface area contributed by atoms with E-state index in [9.17, 15) is 9.59 Å². The van der Waals surface area contributed by atoms with Crippen molar-refractivity contribution in [2.75, 3.05) is 32.0 Å². The number of hydrogen-bond donors (Lipinski definition) is 1. The molecule has 0 aliphatic carbocycles. The van der Waals surface area contributed by atoms with Crippen LogP contribution in [-0.4, -0.2) is 54.7 Å². The number of nitrogens with one attached hydrogen (secondary N) is 1. The van der Waals surface area contributed by atoms with Gasteiger partial charge >= 0.3 is 0 Å². The Bertz CT molecular complexity index is 664. The van der Waals surface area contributed by atoms with Crippen molar-refractivity contribution in [3.63, 3.8) is 0 Å². The third-order valence-electron chi connectivity index (χ3n) is 5.63. The number of carbonyl (C=O) groups excluding carboxylic acids is 2. The van der Waals surface area contributed by atoms with Crippen LogP contribution in [0.5, 0.6) is 0 Å². The van der Waals surface area contributed by atoms with Crippen LogP contribution >= 0.6 is 0 Å². The molecule has 5 heteroatoms. The third kappa shape index (κ3) is 6.79. The van der Waals surface area contributed by atoms with Gasteiger partial charge in [0.15, 0.2) is 0 Å². The number of benzene rings is 1. The summed E-state index contributed by atoms with van der Waals surface area (Å²) in [4.78, 5) is 27.1. The van der Waals surface area contributed by atoms with E-state index in [2.05, 4.69) is 41.2 Å². The molecule has 2 rings (SSSR count). The van der Waals surface area contributed by atoms with Crippen LogP contribution in [0, 0.1) is 0 Å². The van der Waals surface area contributed by atoms with E-state index in [-0.39, 0.29) is 5.78 Å². The van der Waals surface area contributed by atoms with E-state index in [0.29, 0.717) is 12.5 Å². The summed E-state index contributed by atoms with van der Waals surface area (Å²) >= 11 is 0. The van der Waals surface area contributed by atoms with Gasteiger partial charge in [-0.2, -0.15) is 0 Å². The number of likely N-dealkylation sites (tertiary alicyclic amines) is 1. The Labute approximate surface area is 169 Å². The highest BCUT2D eigenvalue weighted by Crippen LogP contribution is 2.23. The molecule has 0 atom stereocenters. The summed E-state index contributed by atoms with van der Waals surface area (Å²) in [6, 6.07) is 8.58. The standard InChI is InChI=1S/C23H35N3O2/c1-4-7-22(11-10-19(2)28)26-16-13-21(14-17-26)25(3)15-12-20-8-5-6-9-23(20)24-18-27/h5-9,18,21H,4,10-17H2,1-3H3,(H,24,27). The van der Waals surface area contributed by atoms with Crippen molar-refractivity contribution in [1.29, 1.82) is 0 Å². The summed E-state index contributed by atoms with van der Waals surface area (Å²) in [6.07, 6.45) is 8.76. The lowest BCUT2D eigenvalue weighted by Gasteiger charge is -2.39. The first-order valence-corrected chi connectivity index (χ1v) is 10.5. The summed E-state index contributed by atoms with van der Waals surface area (Å²) in [7, 11) is 2.20. The predicted octanol–water partition coefficient (Wildman–Crippen LogP) is 3.86. The lowest BCUT2D eigenvalue weighted by molar-refractivity contribution is -0.117. The minimum atomic E-state index is 0.265. The first-order valence-electron chi connectivity index (χ1n) is 10.5. The summed E-state index contributed by atoms with van der Waals surface area (Å²) in [6.45, 7) is 6.92. The Kier molecular flexibility index (Phi) is 9.21. The van der Waals surface area contributed by atoms with Crippen LogP contribution < -0.4 is 5.32 Å². The van der Waals surface area contributed by atoms with Crippen molar-refractivity contribution in [3.8, 4) is 0 Å². The Morgan fingerprint density at radius 2 is 1.96 bits per heavy atom. The van der Waals surface area contributed by atoms with Crippen molar-refractivity contribution >= 4 is 17.9 Å². The number of anilines is 1. The zero-order chi connectivity index (χ0) is 20.4. The Morgan fingerprint density at radius 3 is 2.61 bits per heavy atom. The van der Waals surface area contributed by atoms with Crippen LogP contribution in [0.3, 0.4) is 0 Å². The zero-order valence-corrected chi connectivity index (χ0v) is 17.6. The van der Waals surface area contributed by atoms with Gasteiger partial charge < -0.3 is 19.9 Å². The topological polar surface area (TPSA) is 52.7 Å². The predicted molar refractivity (Wildman–Crippen MR) is 115 cm³/mol. The van der Waals surface area contributed by atoms with Crippen LogP contribution in [0.25, 0.3) is 0 Å². The number of allylic oxidation sites excluding steroid dienone is 2. The van der Waals surface area contributed by atoms with Crippen LogP contribution in [0.15, 0.2) is 36.0 Å². The van der Waals surface area contributed by atoms with E-state index < -0.39 is 0 Å². The van der Waals surface area contributed by atoms with Crippen molar-refractivity contribution < 1.29 is 9.59 Å². The second-order valence-electron chi connectivity index (χ2n) is 7.67. The number of carbonyl (C=O) groups is 2. The highest BCUT2D eigenvalue weighted by atomic mass is 16.1. The van der Waals surface area contributed by atoms with Gasteiger partial charge in [0.2, 0.25) is 6.41 Å². The van der Waals surface area contributed by atoms with E-state index in [1.165, 1.54) is 11.3 Å². The SMILES string of the molecule is CCC=C(CCC(C)=O)N1CCC(N(C)CCc2ccccc2NC=O)CC1. The molecular weight excluding hydrogens is 350 g/mol. The molecule has 1 heterocycles. The molecule has 1 fully saturated rings. The number of ketones is 1. The van der Waals surface area contributed by atoms with Crippen molar-refractivity contribution in [2.45, 2.75) is 58.4 Å². The van der Waals surface area contributed by atoms with Gasteiger partial charge in [0, 0.05) is 43.5 Å². The van der Waals surface area contributed by atoms with Gasteiger partial charge in [-0.3, -0.25) is 4.79 Å².